The first-order valence-electron chi connectivity index (χ1n) is 5.18. The average molecular weight is 297 g/mol. The molecular formula is C10H14F7NO. The molecule has 1 atom stereocenters. The normalized spacial score (nSPS) is 16.2. The fourth-order valence-electron chi connectivity index (χ4n) is 0.824. The Labute approximate surface area is 105 Å². The van der Waals surface area contributed by atoms with Crippen LogP contribution in [0.5, 0.6) is 0 Å². The minimum atomic E-state index is -6.52. The molecule has 0 aromatic heterocycles. The molecule has 9 heteroatoms. The zero-order chi connectivity index (χ0) is 15.9. The molecule has 1 amide bonds. The van der Waals surface area contributed by atoms with E-state index >= 15 is 0 Å². The number of rotatable bonds is 3. The molecule has 0 aliphatic rings. The number of hydrogen-bond donors (Lipinski definition) is 1. The Hall–Kier alpha value is -1.02. The lowest BCUT2D eigenvalue weighted by Gasteiger charge is -2.32. The van der Waals surface area contributed by atoms with Crippen LogP contribution in [-0.2, 0) is 4.79 Å². The first-order valence-corrected chi connectivity index (χ1v) is 5.18. The predicted molar refractivity (Wildman–Crippen MR) is 53.0 cm³/mol. The smallest absolute Gasteiger partial charge is 0.348 e. The van der Waals surface area contributed by atoms with Crippen LogP contribution in [0.4, 0.5) is 30.7 Å². The second-order valence-electron chi connectivity index (χ2n) is 5.21. The molecule has 0 aromatic carbocycles. The van der Waals surface area contributed by atoms with Gasteiger partial charge in [0.25, 0.3) is 5.91 Å². The van der Waals surface area contributed by atoms with Crippen LogP contribution < -0.4 is 5.32 Å². The minimum absolute atomic E-state index is 0.779. The quantitative estimate of drug-likeness (QED) is 0.795. The fraction of sp³-hybridized carbons (Fsp3) is 0.900. The molecule has 0 aromatic rings. The second kappa shape index (κ2) is 4.82. The van der Waals surface area contributed by atoms with Gasteiger partial charge in [-0.05, 0) is 12.3 Å². The third-order valence-electron chi connectivity index (χ3n) is 2.68. The highest BCUT2D eigenvalue weighted by Gasteiger charge is 2.76. The van der Waals surface area contributed by atoms with Crippen molar-refractivity contribution in [3.05, 3.63) is 0 Å². The Balaban J connectivity index is 5.19. The van der Waals surface area contributed by atoms with Crippen molar-refractivity contribution in [1.82, 2.24) is 5.32 Å². The van der Waals surface area contributed by atoms with Gasteiger partial charge in [-0.3, -0.25) is 4.79 Å². The Bertz CT molecular complexity index is 343. The Morgan fingerprint density at radius 2 is 1.32 bits per heavy atom. The van der Waals surface area contributed by atoms with Crippen LogP contribution in [0.3, 0.4) is 0 Å². The monoisotopic (exact) mass is 297 g/mol. The van der Waals surface area contributed by atoms with Gasteiger partial charge in [-0.2, -0.15) is 30.7 Å². The second-order valence-corrected chi connectivity index (χ2v) is 5.21. The van der Waals surface area contributed by atoms with E-state index in [1.54, 1.807) is 0 Å². The highest BCUT2D eigenvalue weighted by atomic mass is 19.4. The van der Waals surface area contributed by atoms with E-state index in [4.69, 9.17) is 0 Å². The maximum Gasteiger partial charge on any atom is 0.460 e. The molecule has 114 valence electrons. The molecule has 0 saturated heterocycles. The molecule has 1 N–H and O–H groups in total. The van der Waals surface area contributed by atoms with E-state index in [1.807, 2.05) is 0 Å². The van der Waals surface area contributed by atoms with Gasteiger partial charge in [0.05, 0.1) is 0 Å². The summed E-state index contributed by atoms with van der Waals surface area (Å²) in [6, 6.07) is -1.02. The van der Waals surface area contributed by atoms with Crippen molar-refractivity contribution in [2.24, 2.45) is 5.41 Å². The maximum absolute atomic E-state index is 13.0. The molecule has 19 heavy (non-hydrogen) atoms. The largest absolute Gasteiger partial charge is 0.460 e. The van der Waals surface area contributed by atoms with Crippen LogP contribution >= 0.6 is 0 Å². The third kappa shape index (κ3) is 3.50. The Kier molecular flexibility index (Phi) is 4.57. The standard InChI is InChI=1S/C10H14F7NO/c1-5(7(2,3)4)18-6(19)8(11,12)9(13,14)10(15,16)17/h5H,1-4H3,(H,18,19). The summed E-state index contributed by atoms with van der Waals surface area (Å²) in [6.45, 7) is 5.72. The van der Waals surface area contributed by atoms with Crippen molar-refractivity contribution in [3.63, 3.8) is 0 Å². The number of carbonyl (C=O) groups excluding carboxylic acids is 1. The van der Waals surface area contributed by atoms with Gasteiger partial charge in [0.2, 0.25) is 0 Å². The summed E-state index contributed by atoms with van der Waals surface area (Å²) in [4.78, 5) is 11.0. The zero-order valence-electron chi connectivity index (χ0n) is 10.6. The molecular weight excluding hydrogens is 283 g/mol. The zero-order valence-corrected chi connectivity index (χ0v) is 10.6. The van der Waals surface area contributed by atoms with Gasteiger partial charge in [0.1, 0.15) is 0 Å². The number of halogens is 7. The molecule has 2 nitrogen and oxygen atoms in total. The van der Waals surface area contributed by atoms with E-state index in [0.717, 1.165) is 0 Å². The average Bonchev–Trinajstić information content (AvgIpc) is 2.13. The van der Waals surface area contributed by atoms with Crippen LogP contribution in [0.1, 0.15) is 27.7 Å². The minimum Gasteiger partial charge on any atom is -0.348 e. The van der Waals surface area contributed by atoms with Crippen LogP contribution in [0.15, 0.2) is 0 Å². The summed E-state index contributed by atoms with van der Waals surface area (Å²) in [5, 5.41) is 1.47. The molecule has 0 rings (SSSR count). The van der Waals surface area contributed by atoms with E-state index in [9.17, 15) is 35.5 Å². The maximum atomic E-state index is 13.0. The first-order chi connectivity index (χ1) is 8.05. The van der Waals surface area contributed by atoms with Crippen LogP contribution in [0.25, 0.3) is 0 Å². The van der Waals surface area contributed by atoms with E-state index < -0.39 is 35.4 Å². The molecule has 0 saturated carbocycles. The lowest BCUT2D eigenvalue weighted by atomic mass is 9.88. The summed E-state index contributed by atoms with van der Waals surface area (Å²) >= 11 is 0. The summed E-state index contributed by atoms with van der Waals surface area (Å²) < 4.78 is 86.6. The van der Waals surface area contributed by atoms with Crippen molar-refractivity contribution < 1.29 is 35.5 Å². The highest BCUT2D eigenvalue weighted by Crippen LogP contribution is 2.46. The summed E-state index contributed by atoms with van der Waals surface area (Å²) in [5.74, 6) is -15.0. The lowest BCUT2D eigenvalue weighted by Crippen LogP contribution is -2.61. The fourth-order valence-corrected chi connectivity index (χ4v) is 0.824. The Morgan fingerprint density at radius 3 is 1.58 bits per heavy atom. The van der Waals surface area contributed by atoms with E-state index in [2.05, 4.69) is 0 Å². The van der Waals surface area contributed by atoms with Gasteiger partial charge in [-0.25, -0.2) is 0 Å². The van der Waals surface area contributed by atoms with Crippen molar-refractivity contribution in [1.29, 1.82) is 0 Å². The Morgan fingerprint density at radius 1 is 0.947 bits per heavy atom. The van der Waals surface area contributed by atoms with Crippen LogP contribution in [-0.4, -0.2) is 30.0 Å². The van der Waals surface area contributed by atoms with Gasteiger partial charge in [-0.1, -0.05) is 20.8 Å². The van der Waals surface area contributed by atoms with Crippen molar-refractivity contribution in [3.8, 4) is 0 Å². The molecule has 0 aliphatic heterocycles. The molecule has 0 aliphatic carbocycles. The summed E-state index contributed by atoms with van der Waals surface area (Å²) in [5.41, 5.74) is -0.779. The van der Waals surface area contributed by atoms with Crippen molar-refractivity contribution in [2.75, 3.05) is 0 Å². The molecule has 0 fully saturated rings. The third-order valence-corrected chi connectivity index (χ3v) is 2.68. The molecule has 0 radical (unpaired) electrons. The molecule has 0 heterocycles. The van der Waals surface area contributed by atoms with E-state index in [-0.39, 0.29) is 0 Å². The predicted octanol–water partition coefficient (Wildman–Crippen LogP) is 3.37. The van der Waals surface area contributed by atoms with Gasteiger partial charge in [-0.15, -0.1) is 0 Å². The number of nitrogens with one attached hydrogen (secondary N) is 1. The van der Waals surface area contributed by atoms with Crippen LogP contribution in [0, 0.1) is 5.41 Å². The van der Waals surface area contributed by atoms with Gasteiger partial charge in [0.15, 0.2) is 0 Å². The molecule has 0 bridgehead atoms. The number of amides is 1. The SMILES string of the molecule is CC(NC(=O)C(F)(F)C(F)(F)C(F)(F)F)C(C)(C)C. The van der Waals surface area contributed by atoms with Gasteiger partial charge < -0.3 is 5.32 Å². The van der Waals surface area contributed by atoms with Crippen molar-refractivity contribution >= 4 is 5.91 Å². The lowest BCUT2D eigenvalue weighted by molar-refractivity contribution is -0.344. The number of carbonyl (C=O) groups is 1. The molecule has 0 spiro atoms. The van der Waals surface area contributed by atoms with E-state index in [1.165, 1.54) is 33.0 Å². The number of hydrogen-bond acceptors (Lipinski definition) is 1. The van der Waals surface area contributed by atoms with Gasteiger partial charge in [0, 0.05) is 6.04 Å². The summed E-state index contributed by atoms with van der Waals surface area (Å²) in [6.07, 6.45) is -6.52. The van der Waals surface area contributed by atoms with E-state index in [0.29, 0.717) is 0 Å². The van der Waals surface area contributed by atoms with Gasteiger partial charge >= 0.3 is 18.0 Å². The first kappa shape index (κ1) is 18.0. The topological polar surface area (TPSA) is 29.1 Å². The highest BCUT2D eigenvalue weighted by molar-refractivity contribution is 5.85. The summed E-state index contributed by atoms with van der Waals surface area (Å²) in [7, 11) is 0. The van der Waals surface area contributed by atoms with Crippen LogP contribution in [0.2, 0.25) is 0 Å². The molecule has 1 unspecified atom stereocenters. The number of alkyl halides is 7. The van der Waals surface area contributed by atoms with Crippen molar-refractivity contribution in [2.45, 2.75) is 51.8 Å².